The van der Waals surface area contributed by atoms with Crippen molar-refractivity contribution in [1.82, 2.24) is 9.80 Å². The van der Waals surface area contributed by atoms with Gasteiger partial charge >= 0.3 is 0 Å². The van der Waals surface area contributed by atoms with Crippen LogP contribution < -0.4 is 10.6 Å². The third kappa shape index (κ3) is 6.44. The van der Waals surface area contributed by atoms with Crippen LogP contribution in [0.15, 0.2) is 48.5 Å². The van der Waals surface area contributed by atoms with E-state index in [2.05, 4.69) is 10.6 Å². The van der Waals surface area contributed by atoms with Gasteiger partial charge in [-0.25, -0.2) is 0 Å². The van der Waals surface area contributed by atoms with Gasteiger partial charge in [-0.15, -0.1) is 0 Å². The van der Waals surface area contributed by atoms with Gasteiger partial charge in [0.1, 0.15) is 0 Å². The Balaban J connectivity index is 1.89. The van der Waals surface area contributed by atoms with Crippen LogP contribution >= 0.6 is 0 Å². The van der Waals surface area contributed by atoms with Crippen LogP contribution in [0.1, 0.15) is 33.6 Å². The van der Waals surface area contributed by atoms with Gasteiger partial charge in [0.15, 0.2) is 0 Å². The number of nitrogens with zero attached hydrogens (tertiary/aromatic N) is 2. The van der Waals surface area contributed by atoms with Crippen LogP contribution in [-0.2, 0) is 9.59 Å². The van der Waals surface area contributed by atoms with Crippen molar-refractivity contribution in [3.63, 3.8) is 0 Å². The summed E-state index contributed by atoms with van der Waals surface area (Å²) in [5.74, 6) is -1.01. The molecule has 8 heteroatoms. The number of carbonyl (C=O) groups excluding carboxylic acids is 4. The van der Waals surface area contributed by atoms with E-state index < -0.39 is 0 Å². The number of rotatable bonds is 7. The highest BCUT2D eigenvalue weighted by Crippen LogP contribution is 2.14. The molecule has 0 spiro atoms. The zero-order chi connectivity index (χ0) is 22.3. The van der Waals surface area contributed by atoms with Gasteiger partial charge < -0.3 is 20.4 Å². The van der Waals surface area contributed by atoms with Crippen molar-refractivity contribution in [3.05, 3.63) is 59.7 Å². The van der Waals surface area contributed by atoms with Gasteiger partial charge in [0, 0.05) is 63.5 Å². The van der Waals surface area contributed by atoms with Crippen LogP contribution in [0.5, 0.6) is 0 Å². The van der Waals surface area contributed by atoms with Crippen LogP contribution in [0.25, 0.3) is 0 Å². The quantitative estimate of drug-likeness (QED) is 0.732. The fourth-order valence-corrected chi connectivity index (χ4v) is 2.65. The molecule has 0 aromatic heterocycles. The first kappa shape index (κ1) is 22.6. The normalized spacial score (nSPS) is 10.1. The van der Waals surface area contributed by atoms with Crippen molar-refractivity contribution in [2.24, 2.45) is 0 Å². The Hall–Kier alpha value is -3.68. The number of hydrogen-bond donors (Lipinski definition) is 2. The molecule has 0 aliphatic rings. The number of amides is 4. The first-order valence-electron chi connectivity index (χ1n) is 9.40. The van der Waals surface area contributed by atoms with E-state index in [4.69, 9.17) is 0 Å². The summed E-state index contributed by atoms with van der Waals surface area (Å²) in [5, 5.41) is 5.38. The molecule has 0 saturated carbocycles. The van der Waals surface area contributed by atoms with E-state index in [1.165, 1.54) is 9.80 Å². The van der Waals surface area contributed by atoms with Crippen molar-refractivity contribution >= 4 is 35.0 Å². The van der Waals surface area contributed by atoms with E-state index in [0.717, 1.165) is 0 Å². The van der Waals surface area contributed by atoms with E-state index in [-0.39, 0.29) is 36.5 Å². The molecule has 2 aromatic rings. The molecule has 0 fully saturated rings. The number of benzene rings is 2. The third-order valence-corrected chi connectivity index (χ3v) is 4.18. The lowest BCUT2D eigenvalue weighted by molar-refractivity contribution is -0.121. The first-order chi connectivity index (χ1) is 14.2. The van der Waals surface area contributed by atoms with Crippen LogP contribution in [0.3, 0.4) is 0 Å². The molecule has 2 rings (SSSR count). The molecule has 8 nitrogen and oxygen atoms in total. The molecule has 2 aromatic carbocycles. The van der Waals surface area contributed by atoms with E-state index >= 15 is 0 Å². The van der Waals surface area contributed by atoms with Crippen molar-refractivity contribution in [1.29, 1.82) is 0 Å². The minimum Gasteiger partial charge on any atom is -0.345 e. The van der Waals surface area contributed by atoms with Crippen LogP contribution in [0.4, 0.5) is 11.4 Å². The summed E-state index contributed by atoms with van der Waals surface area (Å²) in [7, 11) is 6.60. The molecule has 30 heavy (non-hydrogen) atoms. The smallest absolute Gasteiger partial charge is 0.253 e. The minimum absolute atomic E-state index is 0.0198. The number of anilines is 2. The maximum Gasteiger partial charge on any atom is 0.253 e. The van der Waals surface area contributed by atoms with Crippen LogP contribution in [-0.4, -0.2) is 61.6 Å². The Morgan fingerprint density at radius 1 is 0.667 bits per heavy atom. The van der Waals surface area contributed by atoms with E-state index in [1.54, 1.807) is 76.7 Å². The molecule has 2 N–H and O–H groups in total. The largest absolute Gasteiger partial charge is 0.345 e. The Bertz CT molecular complexity index is 876. The van der Waals surface area contributed by atoms with Gasteiger partial charge in [-0.3, -0.25) is 19.2 Å². The van der Waals surface area contributed by atoms with E-state index in [0.29, 0.717) is 22.5 Å². The minimum atomic E-state index is -0.337. The lowest BCUT2D eigenvalue weighted by atomic mass is 10.1. The molecule has 0 unspecified atom stereocenters. The van der Waals surface area contributed by atoms with Crippen molar-refractivity contribution in [2.45, 2.75) is 12.8 Å². The van der Waals surface area contributed by atoms with Gasteiger partial charge in [0.05, 0.1) is 0 Å². The van der Waals surface area contributed by atoms with Gasteiger partial charge in [-0.1, -0.05) is 12.1 Å². The maximum absolute atomic E-state index is 12.2. The highest BCUT2D eigenvalue weighted by atomic mass is 16.2. The predicted octanol–water partition coefficient (Wildman–Crippen LogP) is 2.45. The SMILES string of the molecule is CN(C)C(=O)c1cccc(NC(=O)CCC(=O)Nc2cccc(C(=O)N(C)C)c2)c1. The summed E-state index contributed by atoms with van der Waals surface area (Å²) >= 11 is 0. The molecular formula is C22H26N4O4. The fraction of sp³-hybridized carbons (Fsp3) is 0.273. The van der Waals surface area contributed by atoms with Gasteiger partial charge in [-0.05, 0) is 36.4 Å². The summed E-state index contributed by atoms with van der Waals surface area (Å²) in [6.07, 6.45) is -0.0397. The Morgan fingerprint density at radius 2 is 1.03 bits per heavy atom. The second-order valence-electron chi connectivity index (χ2n) is 7.16. The van der Waals surface area contributed by atoms with E-state index in [1.807, 2.05) is 0 Å². The standard InChI is InChI=1S/C22H26N4O4/c1-25(2)21(29)15-7-5-9-17(13-15)23-19(27)11-12-20(28)24-18-10-6-8-16(14-18)22(30)26(3)4/h5-10,13-14H,11-12H2,1-4H3,(H,23,27)(H,24,28). The average Bonchev–Trinajstić information content (AvgIpc) is 2.71. The Labute approximate surface area is 175 Å². The molecule has 0 bridgehead atoms. The Kier molecular flexibility index (Phi) is 7.69. The van der Waals surface area contributed by atoms with Crippen LogP contribution in [0, 0.1) is 0 Å². The van der Waals surface area contributed by atoms with Gasteiger partial charge in [0.2, 0.25) is 11.8 Å². The molecular weight excluding hydrogens is 384 g/mol. The summed E-state index contributed by atoms with van der Waals surface area (Å²) in [6, 6.07) is 13.2. The molecule has 0 atom stereocenters. The van der Waals surface area contributed by atoms with Gasteiger partial charge in [0.25, 0.3) is 11.8 Å². The van der Waals surface area contributed by atoms with Crippen molar-refractivity contribution in [2.75, 3.05) is 38.8 Å². The van der Waals surface area contributed by atoms with E-state index in [9.17, 15) is 19.2 Å². The molecule has 0 heterocycles. The Morgan fingerprint density at radius 3 is 1.37 bits per heavy atom. The monoisotopic (exact) mass is 410 g/mol. The zero-order valence-electron chi connectivity index (χ0n) is 17.6. The average molecular weight is 410 g/mol. The predicted molar refractivity (Wildman–Crippen MR) is 115 cm³/mol. The summed E-state index contributed by atoms with van der Waals surface area (Å²) in [5.41, 5.74) is 1.90. The van der Waals surface area contributed by atoms with Crippen LogP contribution in [0.2, 0.25) is 0 Å². The lowest BCUT2D eigenvalue weighted by Gasteiger charge is -2.12. The van der Waals surface area contributed by atoms with Gasteiger partial charge in [-0.2, -0.15) is 0 Å². The third-order valence-electron chi connectivity index (χ3n) is 4.18. The lowest BCUT2D eigenvalue weighted by Crippen LogP contribution is -2.22. The second-order valence-corrected chi connectivity index (χ2v) is 7.16. The fourth-order valence-electron chi connectivity index (χ4n) is 2.65. The molecule has 158 valence electrons. The molecule has 0 saturated heterocycles. The highest BCUT2D eigenvalue weighted by molar-refractivity contribution is 6.00. The molecule has 0 aliphatic heterocycles. The summed E-state index contributed by atoms with van der Waals surface area (Å²) in [4.78, 5) is 51.3. The molecule has 0 aliphatic carbocycles. The topological polar surface area (TPSA) is 98.8 Å². The number of hydrogen-bond acceptors (Lipinski definition) is 4. The zero-order valence-corrected chi connectivity index (χ0v) is 17.6. The maximum atomic E-state index is 12.2. The number of nitrogens with one attached hydrogen (secondary N) is 2. The molecule has 4 amide bonds. The molecule has 0 radical (unpaired) electrons. The summed E-state index contributed by atoms with van der Waals surface area (Å²) < 4.78 is 0. The number of carbonyl (C=O) groups is 4. The summed E-state index contributed by atoms with van der Waals surface area (Å²) in [6.45, 7) is 0. The first-order valence-corrected chi connectivity index (χ1v) is 9.40. The van der Waals surface area contributed by atoms with Crippen molar-refractivity contribution < 1.29 is 19.2 Å². The van der Waals surface area contributed by atoms with Crippen molar-refractivity contribution in [3.8, 4) is 0 Å². The second kappa shape index (κ2) is 10.2. The highest BCUT2D eigenvalue weighted by Gasteiger charge is 2.12.